The average molecular weight is 342 g/mol. The molecular formula is C19H22N2O4. The van der Waals surface area contributed by atoms with Crippen molar-refractivity contribution in [3.8, 4) is 0 Å². The third kappa shape index (κ3) is 5.70. The van der Waals surface area contributed by atoms with Gasteiger partial charge in [-0.2, -0.15) is 0 Å². The summed E-state index contributed by atoms with van der Waals surface area (Å²) in [5.74, 6) is -0.577. The van der Waals surface area contributed by atoms with E-state index in [0.717, 1.165) is 0 Å². The zero-order valence-electron chi connectivity index (χ0n) is 14.2. The van der Waals surface area contributed by atoms with Gasteiger partial charge in [0.05, 0.1) is 18.6 Å². The first kappa shape index (κ1) is 18.6. The van der Waals surface area contributed by atoms with Gasteiger partial charge < -0.3 is 20.8 Å². The molecule has 6 heteroatoms. The zero-order chi connectivity index (χ0) is 18.4. The summed E-state index contributed by atoms with van der Waals surface area (Å²) < 4.78 is 0. The highest BCUT2D eigenvalue weighted by molar-refractivity contribution is 6.04. The first-order chi connectivity index (χ1) is 11.8. The molecule has 2 unspecified atom stereocenters. The number of aliphatic hydroxyl groups is 2. The lowest BCUT2D eigenvalue weighted by atomic mass is 10.1. The lowest BCUT2D eigenvalue weighted by Gasteiger charge is -2.10. The van der Waals surface area contributed by atoms with Crippen LogP contribution in [0.15, 0.2) is 48.5 Å². The van der Waals surface area contributed by atoms with E-state index in [9.17, 15) is 19.8 Å². The van der Waals surface area contributed by atoms with Crippen molar-refractivity contribution in [3.63, 3.8) is 0 Å². The molecule has 2 aromatic carbocycles. The first-order valence-corrected chi connectivity index (χ1v) is 8.02. The Morgan fingerprint density at radius 3 is 2.24 bits per heavy atom. The van der Waals surface area contributed by atoms with Crippen LogP contribution in [0.25, 0.3) is 0 Å². The molecule has 0 fully saturated rings. The Morgan fingerprint density at radius 2 is 1.64 bits per heavy atom. The van der Waals surface area contributed by atoms with Gasteiger partial charge in [-0.15, -0.1) is 0 Å². The van der Waals surface area contributed by atoms with E-state index in [-0.39, 0.29) is 18.2 Å². The molecule has 0 saturated heterocycles. The Kier molecular flexibility index (Phi) is 6.27. The summed E-state index contributed by atoms with van der Waals surface area (Å²) in [4.78, 5) is 23.9. The predicted octanol–water partition coefficient (Wildman–Crippen LogP) is 2.70. The minimum absolute atomic E-state index is 0.0157. The van der Waals surface area contributed by atoms with Gasteiger partial charge in [0, 0.05) is 16.9 Å². The number of amides is 2. The fourth-order valence-corrected chi connectivity index (χ4v) is 2.26. The van der Waals surface area contributed by atoms with E-state index in [2.05, 4.69) is 10.6 Å². The lowest BCUT2D eigenvalue weighted by molar-refractivity contribution is -0.117. The molecule has 0 aliphatic rings. The maximum absolute atomic E-state index is 12.3. The second-order valence-corrected chi connectivity index (χ2v) is 5.93. The van der Waals surface area contributed by atoms with Gasteiger partial charge in [-0.3, -0.25) is 9.59 Å². The molecule has 0 radical (unpaired) electrons. The van der Waals surface area contributed by atoms with Crippen LogP contribution in [0.3, 0.4) is 0 Å². The smallest absolute Gasteiger partial charge is 0.255 e. The standard InChI is InChI=1S/C19H22N2O4/c1-12(22)10-18(24)20-16-8-6-14(7-9-16)19(25)21-17-5-3-4-15(11-17)13(2)23/h3-9,11-13,22-23H,10H2,1-2H3,(H,20,24)(H,21,25). The van der Waals surface area contributed by atoms with Crippen molar-refractivity contribution in [1.29, 1.82) is 0 Å². The Bertz CT molecular complexity index is 739. The summed E-state index contributed by atoms with van der Waals surface area (Å²) in [6.07, 6.45) is -1.30. The van der Waals surface area contributed by atoms with E-state index in [4.69, 9.17) is 0 Å². The van der Waals surface area contributed by atoms with E-state index in [1.807, 2.05) is 0 Å². The second kappa shape index (κ2) is 8.41. The maximum Gasteiger partial charge on any atom is 0.255 e. The molecule has 2 amide bonds. The van der Waals surface area contributed by atoms with Crippen molar-refractivity contribution >= 4 is 23.2 Å². The third-order valence-corrected chi connectivity index (χ3v) is 3.54. The van der Waals surface area contributed by atoms with Gasteiger partial charge in [-0.05, 0) is 55.8 Å². The van der Waals surface area contributed by atoms with Crippen LogP contribution in [0, 0.1) is 0 Å². The van der Waals surface area contributed by atoms with Crippen molar-refractivity contribution in [2.45, 2.75) is 32.5 Å². The summed E-state index contributed by atoms with van der Waals surface area (Å²) >= 11 is 0. The highest BCUT2D eigenvalue weighted by atomic mass is 16.3. The van der Waals surface area contributed by atoms with Crippen molar-refractivity contribution in [2.24, 2.45) is 0 Å². The number of benzene rings is 2. The van der Waals surface area contributed by atoms with E-state index in [1.165, 1.54) is 0 Å². The van der Waals surface area contributed by atoms with Gasteiger partial charge in [0.2, 0.25) is 5.91 Å². The predicted molar refractivity (Wildman–Crippen MR) is 96.4 cm³/mol. The van der Waals surface area contributed by atoms with Crippen LogP contribution in [0.1, 0.15) is 42.3 Å². The molecule has 6 nitrogen and oxygen atoms in total. The quantitative estimate of drug-likeness (QED) is 0.649. The van der Waals surface area contributed by atoms with Crippen molar-refractivity contribution in [1.82, 2.24) is 0 Å². The minimum Gasteiger partial charge on any atom is -0.393 e. The molecule has 0 aliphatic heterocycles. The average Bonchev–Trinajstić information content (AvgIpc) is 2.54. The fourth-order valence-electron chi connectivity index (χ4n) is 2.26. The Hall–Kier alpha value is -2.70. The van der Waals surface area contributed by atoms with Crippen LogP contribution in [-0.4, -0.2) is 28.1 Å². The summed E-state index contributed by atoms with van der Waals surface area (Å²) in [5.41, 5.74) is 2.31. The van der Waals surface area contributed by atoms with Crippen LogP contribution in [-0.2, 0) is 4.79 Å². The van der Waals surface area contributed by atoms with Crippen LogP contribution in [0.4, 0.5) is 11.4 Å². The number of aliphatic hydroxyl groups excluding tert-OH is 2. The van der Waals surface area contributed by atoms with E-state index >= 15 is 0 Å². The molecule has 2 aromatic rings. The van der Waals surface area contributed by atoms with Crippen molar-refractivity contribution in [3.05, 3.63) is 59.7 Å². The van der Waals surface area contributed by atoms with E-state index in [0.29, 0.717) is 22.5 Å². The number of carbonyl (C=O) groups is 2. The third-order valence-electron chi connectivity index (χ3n) is 3.54. The Balaban J connectivity index is 2.00. The molecule has 25 heavy (non-hydrogen) atoms. The molecule has 0 aliphatic carbocycles. The number of hydrogen-bond donors (Lipinski definition) is 4. The maximum atomic E-state index is 12.3. The number of rotatable bonds is 6. The van der Waals surface area contributed by atoms with Crippen LogP contribution in [0.5, 0.6) is 0 Å². The summed E-state index contributed by atoms with van der Waals surface area (Å²) in [6, 6.07) is 13.5. The van der Waals surface area contributed by atoms with Crippen LogP contribution >= 0.6 is 0 Å². The minimum atomic E-state index is -0.706. The van der Waals surface area contributed by atoms with Gasteiger partial charge in [-0.25, -0.2) is 0 Å². The van der Waals surface area contributed by atoms with Gasteiger partial charge in [0.15, 0.2) is 0 Å². The summed E-state index contributed by atoms with van der Waals surface area (Å²) in [5, 5.41) is 24.2. The highest BCUT2D eigenvalue weighted by Gasteiger charge is 2.09. The van der Waals surface area contributed by atoms with Crippen LogP contribution < -0.4 is 10.6 Å². The summed E-state index contributed by atoms with van der Waals surface area (Å²) in [7, 11) is 0. The Labute approximate surface area is 146 Å². The van der Waals surface area contributed by atoms with Crippen molar-refractivity contribution < 1.29 is 19.8 Å². The molecule has 0 aromatic heterocycles. The normalized spacial score (nSPS) is 13.0. The molecule has 2 rings (SSSR count). The van der Waals surface area contributed by atoms with E-state index in [1.54, 1.807) is 62.4 Å². The summed E-state index contributed by atoms with van der Waals surface area (Å²) in [6.45, 7) is 3.20. The first-order valence-electron chi connectivity index (χ1n) is 8.02. The molecule has 0 bridgehead atoms. The monoisotopic (exact) mass is 342 g/mol. The largest absolute Gasteiger partial charge is 0.393 e. The highest BCUT2D eigenvalue weighted by Crippen LogP contribution is 2.18. The van der Waals surface area contributed by atoms with Crippen LogP contribution in [0.2, 0.25) is 0 Å². The second-order valence-electron chi connectivity index (χ2n) is 5.93. The van der Waals surface area contributed by atoms with E-state index < -0.39 is 12.2 Å². The van der Waals surface area contributed by atoms with Gasteiger partial charge >= 0.3 is 0 Å². The molecule has 4 N–H and O–H groups in total. The van der Waals surface area contributed by atoms with Gasteiger partial charge in [0.1, 0.15) is 0 Å². The lowest BCUT2D eigenvalue weighted by Crippen LogP contribution is -2.17. The van der Waals surface area contributed by atoms with Crippen molar-refractivity contribution in [2.75, 3.05) is 10.6 Å². The number of hydrogen-bond acceptors (Lipinski definition) is 4. The molecule has 0 spiro atoms. The number of carbonyl (C=O) groups excluding carboxylic acids is 2. The molecular weight excluding hydrogens is 320 g/mol. The SMILES string of the molecule is CC(O)CC(=O)Nc1ccc(C(=O)Nc2cccc(C(C)O)c2)cc1. The molecule has 2 atom stereocenters. The van der Waals surface area contributed by atoms with Gasteiger partial charge in [0.25, 0.3) is 5.91 Å². The number of nitrogens with one attached hydrogen (secondary N) is 2. The zero-order valence-corrected chi connectivity index (χ0v) is 14.2. The molecule has 0 saturated carbocycles. The topological polar surface area (TPSA) is 98.7 Å². The number of anilines is 2. The fraction of sp³-hybridized carbons (Fsp3) is 0.263. The van der Waals surface area contributed by atoms with Gasteiger partial charge in [-0.1, -0.05) is 12.1 Å². The molecule has 132 valence electrons. The Morgan fingerprint density at radius 1 is 0.960 bits per heavy atom. The molecule has 0 heterocycles.